The van der Waals surface area contributed by atoms with Crippen LogP contribution in [0.3, 0.4) is 0 Å². The third kappa shape index (κ3) is 3.23. The first kappa shape index (κ1) is 24.6. The van der Waals surface area contributed by atoms with E-state index in [1.54, 1.807) is 6.21 Å². The number of thiazole rings is 1. The lowest BCUT2D eigenvalue weighted by atomic mass is 9.47. The van der Waals surface area contributed by atoms with E-state index in [9.17, 15) is 19.7 Å². The zero-order chi connectivity index (χ0) is 28.6. The SMILES string of the molecule is O=C1[C@@H]2C3c4ccccc4C(/C=N\Nc4nc5ccccc5s4)(c4ccccc43)[C@H]2C(=O)N1c1ccc([N+](=O)[O-])cc1. The van der Waals surface area contributed by atoms with Crippen molar-refractivity contribution in [1.82, 2.24) is 4.98 Å². The largest absolute Gasteiger partial charge is 0.274 e. The molecule has 3 aliphatic carbocycles. The van der Waals surface area contributed by atoms with Crippen molar-refractivity contribution in [3.8, 4) is 0 Å². The number of anilines is 2. The van der Waals surface area contributed by atoms with E-state index in [2.05, 4.69) is 10.4 Å². The van der Waals surface area contributed by atoms with Gasteiger partial charge in [0, 0.05) is 24.3 Å². The molecule has 9 nitrogen and oxygen atoms in total. The molecule has 0 spiro atoms. The molecule has 2 heterocycles. The molecule has 204 valence electrons. The van der Waals surface area contributed by atoms with E-state index >= 15 is 0 Å². The molecular formula is C32H21N5O4S. The second kappa shape index (κ2) is 8.89. The molecule has 1 N–H and O–H groups in total. The van der Waals surface area contributed by atoms with Crippen LogP contribution in [0.4, 0.5) is 16.5 Å². The van der Waals surface area contributed by atoms with Gasteiger partial charge in [-0.3, -0.25) is 25.1 Å². The second-order valence-electron chi connectivity index (χ2n) is 10.7. The zero-order valence-electron chi connectivity index (χ0n) is 21.9. The quantitative estimate of drug-likeness (QED) is 0.122. The van der Waals surface area contributed by atoms with Crippen molar-refractivity contribution < 1.29 is 14.5 Å². The lowest BCUT2D eigenvalue weighted by molar-refractivity contribution is -0.384. The number of hydrogen-bond donors (Lipinski definition) is 1. The minimum absolute atomic E-state index is 0.111. The Balaban J connectivity index is 1.29. The summed E-state index contributed by atoms with van der Waals surface area (Å²) in [7, 11) is 0. The number of nitro benzene ring substituents is 1. The molecule has 1 aromatic heterocycles. The summed E-state index contributed by atoms with van der Waals surface area (Å²) in [4.78, 5) is 45.2. The third-order valence-electron chi connectivity index (χ3n) is 8.72. The maximum atomic E-state index is 14.4. The van der Waals surface area contributed by atoms with Crippen molar-refractivity contribution in [2.24, 2.45) is 16.9 Å². The number of nitrogens with zero attached hydrogens (tertiary/aromatic N) is 4. The molecule has 4 aromatic carbocycles. The van der Waals surface area contributed by atoms with Gasteiger partial charge in [0.1, 0.15) is 0 Å². The molecule has 4 aliphatic rings. The Kier molecular flexibility index (Phi) is 5.20. The van der Waals surface area contributed by atoms with Gasteiger partial charge in [-0.25, -0.2) is 9.88 Å². The topological polar surface area (TPSA) is 118 Å². The van der Waals surface area contributed by atoms with Crippen LogP contribution in [0.15, 0.2) is 102 Å². The van der Waals surface area contributed by atoms with Gasteiger partial charge in [-0.2, -0.15) is 5.10 Å². The fourth-order valence-electron chi connectivity index (χ4n) is 7.14. The van der Waals surface area contributed by atoms with Crippen molar-refractivity contribution in [3.63, 3.8) is 0 Å². The van der Waals surface area contributed by atoms with E-state index in [0.717, 1.165) is 32.5 Å². The average Bonchev–Trinajstić information content (AvgIpc) is 3.55. The summed E-state index contributed by atoms with van der Waals surface area (Å²) in [5, 5.41) is 16.6. The van der Waals surface area contributed by atoms with Gasteiger partial charge in [0.05, 0.1) is 38.1 Å². The molecule has 10 heteroatoms. The molecule has 1 fully saturated rings. The lowest BCUT2D eigenvalue weighted by Crippen LogP contribution is -2.54. The summed E-state index contributed by atoms with van der Waals surface area (Å²) < 4.78 is 1.03. The minimum Gasteiger partial charge on any atom is -0.274 e. The number of amides is 2. The number of hydrogen-bond acceptors (Lipinski definition) is 8. The molecule has 1 saturated heterocycles. The van der Waals surface area contributed by atoms with Crippen molar-refractivity contribution >= 4 is 56.1 Å². The Hall–Kier alpha value is -5.22. The molecule has 0 radical (unpaired) electrons. The van der Waals surface area contributed by atoms with Gasteiger partial charge < -0.3 is 0 Å². The van der Waals surface area contributed by atoms with E-state index in [4.69, 9.17) is 5.10 Å². The van der Waals surface area contributed by atoms with Crippen LogP contribution in [-0.4, -0.2) is 27.9 Å². The molecule has 2 amide bonds. The monoisotopic (exact) mass is 571 g/mol. The number of rotatable bonds is 5. The number of hydrazone groups is 1. The van der Waals surface area contributed by atoms with Gasteiger partial charge in [0.15, 0.2) is 0 Å². The van der Waals surface area contributed by atoms with Crippen LogP contribution < -0.4 is 10.3 Å². The maximum Gasteiger partial charge on any atom is 0.269 e. The number of non-ortho nitro benzene ring substituents is 1. The third-order valence-corrected chi connectivity index (χ3v) is 9.67. The fraction of sp³-hybridized carbons (Fsp3) is 0.125. The van der Waals surface area contributed by atoms with Gasteiger partial charge in [0.25, 0.3) is 5.69 Å². The van der Waals surface area contributed by atoms with Crippen molar-refractivity contribution in [3.05, 3.63) is 129 Å². The number of imide groups is 1. The Bertz CT molecular complexity index is 1900. The molecule has 2 bridgehead atoms. The van der Waals surface area contributed by atoms with E-state index in [-0.39, 0.29) is 23.4 Å². The van der Waals surface area contributed by atoms with Crippen molar-refractivity contribution in [2.45, 2.75) is 11.3 Å². The Morgan fingerprint density at radius 1 is 0.881 bits per heavy atom. The van der Waals surface area contributed by atoms with Crippen LogP contribution in [0, 0.1) is 22.0 Å². The highest BCUT2D eigenvalue weighted by Gasteiger charge is 2.68. The maximum absolute atomic E-state index is 14.4. The summed E-state index contributed by atoms with van der Waals surface area (Å²) in [5.41, 5.74) is 7.00. The van der Waals surface area contributed by atoms with Crippen LogP contribution in [0.25, 0.3) is 10.2 Å². The van der Waals surface area contributed by atoms with Crippen molar-refractivity contribution in [2.75, 3.05) is 10.3 Å². The van der Waals surface area contributed by atoms with E-state index in [0.29, 0.717) is 10.8 Å². The van der Waals surface area contributed by atoms with Gasteiger partial charge in [-0.1, -0.05) is 72.0 Å². The van der Waals surface area contributed by atoms with E-state index in [1.807, 2.05) is 72.8 Å². The number of para-hydroxylation sites is 1. The number of fused-ring (bicyclic) bond motifs is 1. The first-order valence-electron chi connectivity index (χ1n) is 13.5. The van der Waals surface area contributed by atoms with Crippen molar-refractivity contribution in [1.29, 1.82) is 0 Å². The van der Waals surface area contributed by atoms with Crippen LogP contribution >= 0.6 is 11.3 Å². The molecule has 1 aliphatic heterocycles. The standard InChI is InChI=1S/C32H21N5O4S/c38-29-27-26-20-7-1-3-9-22(20)32(23-10-4-2-8-21(23)26,17-33-35-31-34-24-11-5-6-12-25(24)42-31)28(27)30(39)36(29)18-13-15-19(16-14-18)37(40)41/h1-17,26-28H,(H,34,35)/b33-17-/t26?,27-,28-,32?/m1/s1. The smallest absolute Gasteiger partial charge is 0.269 e. The molecule has 0 saturated carbocycles. The van der Waals surface area contributed by atoms with Crippen LogP contribution in [0.2, 0.25) is 0 Å². The summed E-state index contributed by atoms with van der Waals surface area (Å²) in [6, 6.07) is 29.3. The zero-order valence-corrected chi connectivity index (χ0v) is 22.7. The first-order valence-corrected chi connectivity index (χ1v) is 14.3. The summed E-state index contributed by atoms with van der Waals surface area (Å²) in [6.45, 7) is 0. The second-order valence-corrected chi connectivity index (χ2v) is 11.7. The van der Waals surface area contributed by atoms with Gasteiger partial charge in [0.2, 0.25) is 16.9 Å². The Morgan fingerprint density at radius 3 is 2.19 bits per heavy atom. The predicted molar refractivity (Wildman–Crippen MR) is 160 cm³/mol. The number of benzene rings is 4. The lowest BCUT2D eigenvalue weighted by Gasteiger charge is -2.52. The van der Waals surface area contributed by atoms with Gasteiger partial charge in [-0.15, -0.1) is 0 Å². The minimum atomic E-state index is -1.03. The fourth-order valence-corrected chi connectivity index (χ4v) is 7.95. The highest BCUT2D eigenvalue weighted by atomic mass is 32.1. The van der Waals surface area contributed by atoms with E-state index in [1.165, 1.54) is 40.5 Å². The number of aromatic nitrogens is 1. The normalized spacial score (nSPS) is 23.7. The number of carbonyl (C=O) groups excluding carboxylic acids is 2. The molecule has 2 atom stereocenters. The molecule has 0 unspecified atom stereocenters. The van der Waals surface area contributed by atoms with Crippen LogP contribution in [-0.2, 0) is 15.0 Å². The Morgan fingerprint density at radius 2 is 1.52 bits per heavy atom. The molecule has 42 heavy (non-hydrogen) atoms. The molecule has 9 rings (SSSR count). The summed E-state index contributed by atoms with van der Waals surface area (Å²) in [6.07, 6.45) is 1.77. The molecule has 5 aromatic rings. The first-order chi connectivity index (χ1) is 20.5. The van der Waals surface area contributed by atoms with Gasteiger partial charge in [-0.05, 0) is 46.5 Å². The summed E-state index contributed by atoms with van der Waals surface area (Å²) >= 11 is 1.48. The number of nitro groups is 1. The Labute approximate surface area is 243 Å². The average molecular weight is 572 g/mol. The highest BCUT2D eigenvalue weighted by molar-refractivity contribution is 7.22. The summed E-state index contributed by atoms with van der Waals surface area (Å²) in [5.74, 6) is -2.39. The van der Waals surface area contributed by atoms with Crippen LogP contribution in [0.1, 0.15) is 28.2 Å². The predicted octanol–water partition coefficient (Wildman–Crippen LogP) is 5.85. The van der Waals surface area contributed by atoms with E-state index < -0.39 is 22.2 Å². The molecular weight excluding hydrogens is 550 g/mol. The van der Waals surface area contributed by atoms with Gasteiger partial charge >= 0.3 is 0 Å². The van der Waals surface area contributed by atoms with Crippen LogP contribution in [0.5, 0.6) is 0 Å². The number of carbonyl (C=O) groups is 2. The number of nitrogens with one attached hydrogen (secondary N) is 1. The highest BCUT2D eigenvalue weighted by Crippen LogP contribution is 2.63.